The van der Waals surface area contributed by atoms with Gasteiger partial charge < -0.3 is 14.2 Å². The Morgan fingerprint density at radius 2 is 2.04 bits per heavy atom. The molecule has 0 saturated carbocycles. The van der Waals surface area contributed by atoms with Gasteiger partial charge in [0.15, 0.2) is 0 Å². The van der Waals surface area contributed by atoms with Gasteiger partial charge in [-0.25, -0.2) is 9.59 Å². The Labute approximate surface area is 142 Å². The van der Waals surface area contributed by atoms with Crippen LogP contribution in [-0.2, 0) is 9.47 Å². The number of amides is 1. The molecule has 1 amide bonds. The first-order valence-corrected chi connectivity index (χ1v) is 8.16. The van der Waals surface area contributed by atoms with Crippen LogP contribution in [0, 0.1) is 0 Å². The molecular formula is C18H25NO5. The van der Waals surface area contributed by atoms with Gasteiger partial charge in [-0.05, 0) is 46.8 Å². The van der Waals surface area contributed by atoms with E-state index in [2.05, 4.69) is 0 Å². The Balaban J connectivity index is 2.25. The molecule has 0 aromatic heterocycles. The molecule has 2 rings (SSSR count). The molecular weight excluding hydrogens is 310 g/mol. The van der Waals surface area contributed by atoms with Gasteiger partial charge in [-0.3, -0.25) is 4.90 Å². The number of ether oxygens (including phenoxy) is 3. The van der Waals surface area contributed by atoms with E-state index in [0.717, 1.165) is 5.56 Å². The van der Waals surface area contributed by atoms with Gasteiger partial charge in [0, 0.05) is 5.56 Å². The highest BCUT2D eigenvalue weighted by Crippen LogP contribution is 2.33. The zero-order valence-corrected chi connectivity index (χ0v) is 14.9. The average molecular weight is 335 g/mol. The van der Waals surface area contributed by atoms with E-state index in [1.165, 1.54) is 0 Å². The maximum Gasteiger partial charge on any atom is 0.410 e. The molecule has 132 valence electrons. The molecule has 0 bridgehead atoms. The van der Waals surface area contributed by atoms with Gasteiger partial charge in [0.25, 0.3) is 0 Å². The second-order valence-electron chi connectivity index (χ2n) is 6.67. The fourth-order valence-corrected chi connectivity index (χ4v) is 2.53. The van der Waals surface area contributed by atoms with Crippen LogP contribution >= 0.6 is 0 Å². The van der Waals surface area contributed by atoms with Crippen molar-refractivity contribution in [2.75, 3.05) is 19.8 Å². The van der Waals surface area contributed by atoms with E-state index >= 15 is 0 Å². The van der Waals surface area contributed by atoms with Crippen LogP contribution in [0.25, 0.3) is 0 Å². The van der Waals surface area contributed by atoms with Crippen LogP contribution < -0.4 is 4.74 Å². The Morgan fingerprint density at radius 3 is 2.67 bits per heavy atom. The third-order valence-electron chi connectivity index (χ3n) is 3.66. The predicted molar refractivity (Wildman–Crippen MR) is 89.2 cm³/mol. The lowest BCUT2D eigenvalue weighted by Gasteiger charge is -2.30. The average Bonchev–Trinajstić information content (AvgIpc) is 2.64. The summed E-state index contributed by atoms with van der Waals surface area (Å²) in [5, 5.41) is 0. The van der Waals surface area contributed by atoms with Crippen molar-refractivity contribution in [2.45, 2.75) is 46.3 Å². The lowest BCUT2D eigenvalue weighted by atomic mass is 10.0. The molecule has 6 heteroatoms. The Hall–Kier alpha value is -2.24. The highest BCUT2D eigenvalue weighted by atomic mass is 16.6. The van der Waals surface area contributed by atoms with Crippen molar-refractivity contribution in [3.05, 3.63) is 29.3 Å². The van der Waals surface area contributed by atoms with Crippen molar-refractivity contribution in [1.82, 2.24) is 4.90 Å². The van der Waals surface area contributed by atoms with Crippen LogP contribution in [-0.4, -0.2) is 42.3 Å². The monoisotopic (exact) mass is 335 g/mol. The first kappa shape index (κ1) is 18.1. The van der Waals surface area contributed by atoms with Crippen LogP contribution in [0.2, 0.25) is 0 Å². The highest BCUT2D eigenvalue weighted by Gasteiger charge is 2.30. The molecule has 0 spiro atoms. The summed E-state index contributed by atoms with van der Waals surface area (Å²) in [6.45, 7) is 10.3. The molecule has 0 aliphatic carbocycles. The molecule has 1 aliphatic rings. The van der Waals surface area contributed by atoms with Gasteiger partial charge in [-0.2, -0.15) is 0 Å². The molecule has 24 heavy (non-hydrogen) atoms. The Bertz CT molecular complexity index is 620. The quantitative estimate of drug-likeness (QED) is 0.773. The maximum atomic E-state index is 12.4. The van der Waals surface area contributed by atoms with Crippen LogP contribution in [0.3, 0.4) is 0 Å². The summed E-state index contributed by atoms with van der Waals surface area (Å²) in [5.74, 6) is 0.212. The van der Waals surface area contributed by atoms with E-state index in [-0.39, 0.29) is 18.1 Å². The second-order valence-corrected chi connectivity index (χ2v) is 6.67. The van der Waals surface area contributed by atoms with E-state index in [0.29, 0.717) is 31.1 Å². The van der Waals surface area contributed by atoms with Gasteiger partial charge in [-0.1, -0.05) is 6.07 Å². The summed E-state index contributed by atoms with van der Waals surface area (Å²) in [7, 11) is 0. The van der Waals surface area contributed by atoms with Crippen molar-refractivity contribution in [1.29, 1.82) is 0 Å². The summed E-state index contributed by atoms with van der Waals surface area (Å²) in [5.41, 5.74) is 0.723. The molecule has 0 unspecified atom stereocenters. The number of fused-ring (bicyclic) bond motifs is 1. The molecule has 1 aromatic rings. The fraction of sp³-hybridized carbons (Fsp3) is 0.556. The fourth-order valence-electron chi connectivity index (χ4n) is 2.53. The van der Waals surface area contributed by atoms with Crippen LogP contribution in [0.1, 0.15) is 56.6 Å². The molecule has 0 N–H and O–H groups in total. The summed E-state index contributed by atoms with van der Waals surface area (Å²) in [6, 6.07) is 4.95. The van der Waals surface area contributed by atoms with Gasteiger partial charge in [0.05, 0.1) is 24.8 Å². The van der Waals surface area contributed by atoms with Crippen LogP contribution in [0.15, 0.2) is 18.2 Å². The Kier molecular flexibility index (Phi) is 5.36. The number of carbonyl (C=O) groups is 2. The van der Waals surface area contributed by atoms with Crippen molar-refractivity contribution in [2.24, 2.45) is 0 Å². The van der Waals surface area contributed by atoms with Gasteiger partial charge >= 0.3 is 12.1 Å². The summed E-state index contributed by atoms with van der Waals surface area (Å²) >= 11 is 0. The third-order valence-corrected chi connectivity index (χ3v) is 3.66. The molecule has 0 saturated heterocycles. The van der Waals surface area contributed by atoms with Crippen molar-refractivity contribution < 1.29 is 23.8 Å². The van der Waals surface area contributed by atoms with E-state index in [4.69, 9.17) is 14.2 Å². The topological polar surface area (TPSA) is 65.1 Å². The van der Waals surface area contributed by atoms with Crippen molar-refractivity contribution >= 4 is 12.1 Å². The van der Waals surface area contributed by atoms with Gasteiger partial charge in [0.1, 0.15) is 18.0 Å². The number of hydrogen-bond donors (Lipinski definition) is 0. The number of esters is 1. The number of rotatable bonds is 2. The molecule has 1 aromatic carbocycles. The van der Waals surface area contributed by atoms with E-state index in [1.807, 2.05) is 27.7 Å². The summed E-state index contributed by atoms with van der Waals surface area (Å²) < 4.78 is 16.2. The third kappa shape index (κ3) is 4.19. The summed E-state index contributed by atoms with van der Waals surface area (Å²) in [4.78, 5) is 25.9. The molecule has 0 radical (unpaired) electrons. The Morgan fingerprint density at radius 1 is 1.33 bits per heavy atom. The van der Waals surface area contributed by atoms with Crippen molar-refractivity contribution in [3.63, 3.8) is 0 Å². The van der Waals surface area contributed by atoms with Gasteiger partial charge in [-0.15, -0.1) is 0 Å². The largest absolute Gasteiger partial charge is 0.491 e. The minimum Gasteiger partial charge on any atom is -0.491 e. The number of carbonyl (C=O) groups excluding carboxylic acids is 2. The lowest BCUT2D eigenvalue weighted by Crippen LogP contribution is -2.39. The van der Waals surface area contributed by atoms with Crippen molar-refractivity contribution in [3.8, 4) is 5.75 Å². The zero-order valence-electron chi connectivity index (χ0n) is 14.9. The first-order chi connectivity index (χ1) is 11.2. The number of nitrogens with zero attached hydrogens (tertiary/aromatic N) is 1. The highest BCUT2D eigenvalue weighted by molar-refractivity contribution is 5.90. The molecule has 0 fully saturated rings. The molecule has 1 aliphatic heterocycles. The van der Waals surface area contributed by atoms with E-state index < -0.39 is 5.60 Å². The SMILES string of the molecule is CCOC(=O)c1ccc2c(c1)OCCN(C(=O)OC(C)(C)C)[C@H]2C. The normalized spacial score (nSPS) is 17.4. The second kappa shape index (κ2) is 7.11. The lowest BCUT2D eigenvalue weighted by molar-refractivity contribution is 0.0167. The molecule has 1 atom stereocenters. The first-order valence-electron chi connectivity index (χ1n) is 8.16. The molecule has 6 nitrogen and oxygen atoms in total. The van der Waals surface area contributed by atoms with E-state index in [1.54, 1.807) is 30.0 Å². The zero-order chi connectivity index (χ0) is 17.9. The summed E-state index contributed by atoms with van der Waals surface area (Å²) in [6.07, 6.45) is -0.374. The van der Waals surface area contributed by atoms with E-state index in [9.17, 15) is 9.59 Å². The number of hydrogen-bond acceptors (Lipinski definition) is 5. The predicted octanol–water partition coefficient (Wildman–Crippen LogP) is 3.55. The van der Waals surface area contributed by atoms with Crippen LogP contribution in [0.5, 0.6) is 5.75 Å². The minimum absolute atomic E-state index is 0.214. The maximum absolute atomic E-state index is 12.4. The smallest absolute Gasteiger partial charge is 0.410 e. The minimum atomic E-state index is -0.555. The van der Waals surface area contributed by atoms with Gasteiger partial charge in [0.2, 0.25) is 0 Å². The molecule has 1 heterocycles. The van der Waals surface area contributed by atoms with Crippen LogP contribution in [0.4, 0.5) is 4.79 Å². The standard InChI is InChI=1S/C18H25NO5/c1-6-22-16(20)13-7-8-14-12(2)19(9-10-23-15(14)11-13)17(21)24-18(3,4)5/h7-8,11-12H,6,9-10H2,1-5H3/t12-/m0/s1. The number of benzene rings is 1.